The number of carbonyl (C=O) groups excluding carboxylic acids is 3. The van der Waals surface area contributed by atoms with Crippen LogP contribution < -0.4 is 0 Å². The monoisotopic (exact) mass is 833 g/mol. The molecule has 18 atom stereocenters. The van der Waals surface area contributed by atoms with Gasteiger partial charge in [-0.2, -0.15) is 0 Å². The maximum atomic E-state index is 14.5. The minimum atomic E-state index is -1.83. The van der Waals surface area contributed by atoms with Crippen molar-refractivity contribution in [3.8, 4) is 0 Å². The maximum absolute atomic E-state index is 14.5. The Hall–Kier alpha value is -1.99. The Morgan fingerprint density at radius 2 is 1.52 bits per heavy atom. The van der Waals surface area contributed by atoms with Gasteiger partial charge in [0, 0.05) is 45.9 Å². The largest absolute Gasteiger partial charge is 0.459 e. The van der Waals surface area contributed by atoms with Crippen LogP contribution in [0.1, 0.15) is 109 Å². The number of aliphatic hydroxyl groups excluding tert-OH is 1. The topological polar surface area (TPSA) is 192 Å². The van der Waals surface area contributed by atoms with Crippen LogP contribution in [0.3, 0.4) is 0 Å². The molecule has 3 N–H and O–H groups in total. The summed E-state index contributed by atoms with van der Waals surface area (Å²) in [5.74, 6) is -3.93. The lowest BCUT2D eigenvalue weighted by molar-refractivity contribution is -0.318. The van der Waals surface area contributed by atoms with Gasteiger partial charge < -0.3 is 58.1 Å². The molecule has 0 saturated carbocycles. The van der Waals surface area contributed by atoms with Crippen LogP contribution in [0, 0.1) is 17.8 Å². The van der Waals surface area contributed by atoms with Gasteiger partial charge in [-0.25, -0.2) is 0 Å². The predicted molar refractivity (Wildman–Crippen MR) is 213 cm³/mol. The third kappa shape index (κ3) is 11.9. The SMILES string of the molecule is CC[C@H]1OC(=O)[C@H](C)[C@@H](O[C@H]2C[C@@](C)(OC)[C@@H](O)[C@H](C)O2)[C@H](C)[C@@H](O[C@@H]2O[C@H](C)C[C@H](N(C)C)[C@H]2OC(C)=O)[C@](C)(O)C[C@@H](C)CN(C)[C@H](C)[C@@H](OC(C)=O)[C@]1(C)O. The first-order chi connectivity index (χ1) is 26.7. The summed E-state index contributed by atoms with van der Waals surface area (Å²) in [5, 5.41) is 35.9. The first-order valence-corrected chi connectivity index (χ1v) is 20.9. The molecule has 0 unspecified atom stereocenters. The molecular weight excluding hydrogens is 756 g/mol. The van der Waals surface area contributed by atoms with Crippen molar-refractivity contribution in [2.75, 3.05) is 34.8 Å². The molecule has 0 bridgehead atoms. The summed E-state index contributed by atoms with van der Waals surface area (Å²) < 4.78 is 49.9. The number of esters is 3. The van der Waals surface area contributed by atoms with Crippen molar-refractivity contribution in [2.45, 2.75) is 199 Å². The third-order valence-corrected chi connectivity index (χ3v) is 12.7. The quantitative estimate of drug-likeness (QED) is 0.227. The molecule has 0 radical (unpaired) electrons. The molecule has 0 spiro atoms. The Balaban J connectivity index is 2.26. The Morgan fingerprint density at radius 1 is 0.914 bits per heavy atom. The number of hydrogen-bond acceptors (Lipinski definition) is 16. The van der Waals surface area contributed by atoms with Gasteiger partial charge in [-0.15, -0.1) is 0 Å². The fraction of sp³-hybridized carbons (Fsp3) is 0.929. The molecule has 0 aliphatic carbocycles. The second kappa shape index (κ2) is 20.3. The van der Waals surface area contributed by atoms with Crippen LogP contribution in [-0.4, -0.2) is 168 Å². The summed E-state index contributed by atoms with van der Waals surface area (Å²) >= 11 is 0. The van der Waals surface area contributed by atoms with E-state index in [0.717, 1.165) is 0 Å². The Morgan fingerprint density at radius 3 is 2.05 bits per heavy atom. The highest BCUT2D eigenvalue weighted by Gasteiger charge is 2.54. The molecule has 0 amide bonds. The molecule has 3 saturated heterocycles. The lowest BCUT2D eigenvalue weighted by Crippen LogP contribution is -2.61. The predicted octanol–water partition coefficient (Wildman–Crippen LogP) is 3.04. The number of methoxy groups -OCH3 is 1. The molecule has 338 valence electrons. The molecule has 0 aromatic rings. The smallest absolute Gasteiger partial charge is 0.311 e. The molecular formula is C42H76N2O14. The molecule has 16 nitrogen and oxygen atoms in total. The van der Waals surface area contributed by atoms with Crippen LogP contribution in [0.5, 0.6) is 0 Å². The van der Waals surface area contributed by atoms with E-state index in [1.54, 1.807) is 34.6 Å². The number of aliphatic hydroxyl groups is 3. The number of nitrogens with zero attached hydrogens (tertiary/aromatic N) is 2. The number of carbonyl (C=O) groups is 3. The first-order valence-electron chi connectivity index (χ1n) is 20.9. The summed E-state index contributed by atoms with van der Waals surface area (Å²) in [4.78, 5) is 43.4. The Bertz CT molecular complexity index is 1360. The minimum Gasteiger partial charge on any atom is -0.459 e. The standard InChI is InChI=1S/C42H76N2O14/c1-17-31-42(12,50)37(55-29(9)46)26(6)44(15)21-22(2)19-40(10,49)36(58-39-34(54-28(8)45)30(43(13)14)18-23(3)52-39)24(4)33(25(5)38(48)56-31)57-32-20-41(11,51-16)35(47)27(7)53-32/h22-27,30-37,39,47,49-50H,17-21H2,1-16H3/t22-,23-,24+,25-,26-,27+,30+,31-,32+,33+,34-,35+,36-,37-,39+,40-,41-,42-/m1/s1. The molecule has 0 aromatic heterocycles. The molecule has 3 rings (SSSR count). The molecule has 58 heavy (non-hydrogen) atoms. The van der Waals surface area contributed by atoms with Crippen molar-refractivity contribution in [3.63, 3.8) is 0 Å². The normalized spacial score (nSPS) is 45.4. The van der Waals surface area contributed by atoms with E-state index in [1.165, 1.54) is 27.9 Å². The average molecular weight is 833 g/mol. The molecule has 3 fully saturated rings. The summed E-state index contributed by atoms with van der Waals surface area (Å²) in [6.45, 7) is 20.5. The molecule has 3 aliphatic rings. The number of rotatable bonds is 9. The number of hydrogen-bond donors (Lipinski definition) is 3. The molecule has 3 heterocycles. The Kier molecular flexibility index (Phi) is 17.6. The van der Waals surface area contributed by atoms with Crippen molar-refractivity contribution in [2.24, 2.45) is 17.8 Å². The van der Waals surface area contributed by atoms with Crippen LogP contribution in [0.4, 0.5) is 0 Å². The van der Waals surface area contributed by atoms with E-state index in [9.17, 15) is 29.7 Å². The van der Waals surface area contributed by atoms with E-state index in [4.69, 9.17) is 37.9 Å². The molecule has 3 aliphatic heterocycles. The van der Waals surface area contributed by atoms with E-state index >= 15 is 0 Å². The van der Waals surface area contributed by atoms with E-state index in [2.05, 4.69) is 0 Å². The van der Waals surface area contributed by atoms with E-state index in [0.29, 0.717) is 13.0 Å². The number of likely N-dealkylation sites (N-methyl/N-ethyl adjacent to an activating group) is 2. The van der Waals surface area contributed by atoms with Gasteiger partial charge in [-0.1, -0.05) is 20.8 Å². The fourth-order valence-electron chi connectivity index (χ4n) is 9.42. The highest BCUT2D eigenvalue weighted by Crippen LogP contribution is 2.40. The van der Waals surface area contributed by atoms with Crippen LogP contribution in [0.25, 0.3) is 0 Å². The number of cyclic esters (lactones) is 1. The van der Waals surface area contributed by atoms with Crippen molar-refractivity contribution in [1.29, 1.82) is 0 Å². The van der Waals surface area contributed by atoms with Crippen LogP contribution in [0.15, 0.2) is 0 Å². The van der Waals surface area contributed by atoms with Gasteiger partial charge >= 0.3 is 17.9 Å². The van der Waals surface area contributed by atoms with Crippen LogP contribution in [-0.2, 0) is 52.3 Å². The lowest BCUT2D eigenvalue weighted by Gasteiger charge is -2.49. The summed E-state index contributed by atoms with van der Waals surface area (Å²) in [5.41, 5.74) is -4.51. The zero-order valence-corrected chi connectivity index (χ0v) is 37.9. The van der Waals surface area contributed by atoms with E-state index < -0.39 is 108 Å². The number of ether oxygens (including phenoxy) is 8. The Labute approximate surface area is 346 Å². The minimum absolute atomic E-state index is 0.0990. The van der Waals surface area contributed by atoms with Crippen molar-refractivity contribution < 1.29 is 67.6 Å². The first kappa shape index (κ1) is 50.4. The zero-order valence-electron chi connectivity index (χ0n) is 37.9. The van der Waals surface area contributed by atoms with Gasteiger partial charge in [0.2, 0.25) is 0 Å². The van der Waals surface area contributed by atoms with Gasteiger partial charge in [-0.05, 0) is 94.8 Å². The van der Waals surface area contributed by atoms with Crippen molar-refractivity contribution >= 4 is 17.9 Å². The van der Waals surface area contributed by atoms with Gasteiger partial charge in [0.25, 0.3) is 0 Å². The van der Waals surface area contributed by atoms with Gasteiger partial charge in [0.05, 0.1) is 47.6 Å². The van der Waals surface area contributed by atoms with Crippen LogP contribution >= 0.6 is 0 Å². The zero-order chi connectivity index (χ0) is 44.2. The van der Waals surface area contributed by atoms with Crippen molar-refractivity contribution in [1.82, 2.24) is 9.80 Å². The second-order valence-corrected chi connectivity index (χ2v) is 18.3. The van der Waals surface area contributed by atoms with Gasteiger partial charge in [-0.3, -0.25) is 19.3 Å². The van der Waals surface area contributed by atoms with Gasteiger partial charge in [0.1, 0.15) is 23.9 Å². The average Bonchev–Trinajstić information content (AvgIpc) is 3.11. The van der Waals surface area contributed by atoms with Crippen molar-refractivity contribution in [3.05, 3.63) is 0 Å². The molecule has 0 aromatic carbocycles. The van der Waals surface area contributed by atoms with Gasteiger partial charge in [0.15, 0.2) is 18.7 Å². The second-order valence-electron chi connectivity index (χ2n) is 18.3. The van der Waals surface area contributed by atoms with Crippen LogP contribution in [0.2, 0.25) is 0 Å². The fourth-order valence-corrected chi connectivity index (χ4v) is 9.42. The summed E-state index contributed by atoms with van der Waals surface area (Å²) in [6, 6.07) is -0.835. The third-order valence-electron chi connectivity index (χ3n) is 12.7. The molecule has 16 heteroatoms. The maximum Gasteiger partial charge on any atom is 0.311 e. The highest BCUT2D eigenvalue weighted by molar-refractivity contribution is 5.73. The highest BCUT2D eigenvalue weighted by atomic mass is 16.7. The van der Waals surface area contributed by atoms with E-state index in [1.807, 2.05) is 58.6 Å². The lowest BCUT2D eigenvalue weighted by atomic mass is 9.77. The van der Waals surface area contributed by atoms with E-state index in [-0.39, 0.29) is 37.3 Å². The summed E-state index contributed by atoms with van der Waals surface area (Å²) in [7, 11) is 7.11. The summed E-state index contributed by atoms with van der Waals surface area (Å²) in [6.07, 6.45) is -8.35.